The van der Waals surface area contributed by atoms with Crippen LogP contribution in [0.4, 0.5) is 0 Å². The normalized spacial score (nSPS) is 7.73. The summed E-state index contributed by atoms with van der Waals surface area (Å²) in [5.41, 5.74) is 0. The molecule has 4 nitrogen and oxygen atoms in total. The molecule has 1 aromatic rings. The first kappa shape index (κ1) is 9.77. The predicted octanol–water partition coefficient (Wildman–Crippen LogP) is 1.63. The van der Waals surface area contributed by atoms with Crippen molar-refractivity contribution >= 4 is 12.6 Å². The van der Waals surface area contributed by atoms with Gasteiger partial charge < -0.3 is 5.21 Å². The standard InChI is InChI=1S/C6H6S.HNO3/c7-6-4-2-1-3-5-6;2-1(3)4/h1-5,7H;(H,2,3,4). The Kier molecular flexibility index (Phi) is 4.93. The molecule has 0 spiro atoms. The Labute approximate surface area is 69.0 Å². The van der Waals surface area contributed by atoms with Gasteiger partial charge in [-0.05, 0) is 12.1 Å². The molecule has 0 atom stereocenters. The molecular weight excluding hydrogens is 166 g/mol. The maximum atomic E-state index is 8.36. The summed E-state index contributed by atoms with van der Waals surface area (Å²) in [5, 5.41) is 13.6. The van der Waals surface area contributed by atoms with Gasteiger partial charge in [0.1, 0.15) is 0 Å². The minimum absolute atomic E-state index is 1.02. The molecule has 60 valence electrons. The third-order valence-corrected chi connectivity index (χ3v) is 1.05. The SMILES string of the molecule is O=[N+]([O-])O.Sc1ccccc1. The van der Waals surface area contributed by atoms with Crippen molar-refractivity contribution in [3.8, 4) is 0 Å². The molecule has 11 heavy (non-hydrogen) atoms. The van der Waals surface area contributed by atoms with E-state index in [2.05, 4.69) is 12.6 Å². The monoisotopic (exact) mass is 173 g/mol. The van der Waals surface area contributed by atoms with Gasteiger partial charge in [0.05, 0.1) is 0 Å². The zero-order valence-electron chi connectivity index (χ0n) is 5.54. The van der Waals surface area contributed by atoms with Crippen LogP contribution >= 0.6 is 12.6 Å². The van der Waals surface area contributed by atoms with Crippen molar-refractivity contribution in [1.29, 1.82) is 0 Å². The molecule has 0 aliphatic carbocycles. The Hall–Kier alpha value is -1.23. The van der Waals surface area contributed by atoms with Gasteiger partial charge in [0.25, 0.3) is 5.09 Å². The zero-order chi connectivity index (χ0) is 8.69. The zero-order valence-corrected chi connectivity index (χ0v) is 6.44. The molecule has 0 amide bonds. The Bertz CT molecular complexity index is 210. The van der Waals surface area contributed by atoms with Crippen LogP contribution in [-0.4, -0.2) is 10.3 Å². The smallest absolute Gasteiger partial charge is 0.291 e. The summed E-state index contributed by atoms with van der Waals surface area (Å²) in [4.78, 5) is 9.38. The third kappa shape index (κ3) is 8.77. The van der Waals surface area contributed by atoms with Gasteiger partial charge in [-0.15, -0.1) is 22.7 Å². The van der Waals surface area contributed by atoms with Gasteiger partial charge in [0.2, 0.25) is 0 Å². The van der Waals surface area contributed by atoms with Crippen LogP contribution in [0.1, 0.15) is 0 Å². The van der Waals surface area contributed by atoms with E-state index in [0.29, 0.717) is 0 Å². The molecule has 0 aromatic heterocycles. The van der Waals surface area contributed by atoms with Crippen LogP contribution in [0.15, 0.2) is 35.2 Å². The van der Waals surface area contributed by atoms with Crippen molar-refractivity contribution < 1.29 is 10.3 Å². The van der Waals surface area contributed by atoms with Crippen LogP contribution in [0, 0.1) is 10.1 Å². The minimum Gasteiger partial charge on any atom is -0.328 e. The molecule has 0 fully saturated rings. The quantitative estimate of drug-likeness (QED) is 0.356. The molecule has 0 aliphatic rings. The molecule has 0 saturated heterocycles. The van der Waals surface area contributed by atoms with E-state index in [-0.39, 0.29) is 0 Å². The number of benzene rings is 1. The van der Waals surface area contributed by atoms with E-state index in [9.17, 15) is 0 Å². The number of thiol groups is 1. The average Bonchev–Trinajstić information content (AvgIpc) is 1.87. The van der Waals surface area contributed by atoms with Crippen molar-refractivity contribution in [2.45, 2.75) is 4.90 Å². The van der Waals surface area contributed by atoms with Crippen LogP contribution in [0.3, 0.4) is 0 Å². The van der Waals surface area contributed by atoms with E-state index in [4.69, 9.17) is 15.3 Å². The minimum atomic E-state index is -1.50. The molecule has 0 radical (unpaired) electrons. The van der Waals surface area contributed by atoms with Gasteiger partial charge in [-0.25, -0.2) is 0 Å². The Morgan fingerprint density at radius 3 is 1.91 bits per heavy atom. The van der Waals surface area contributed by atoms with E-state index in [1.807, 2.05) is 30.3 Å². The summed E-state index contributed by atoms with van der Waals surface area (Å²) in [6, 6.07) is 9.79. The lowest BCUT2D eigenvalue weighted by Gasteiger charge is -1.81. The van der Waals surface area contributed by atoms with Gasteiger partial charge in [-0.2, -0.15) is 0 Å². The maximum Gasteiger partial charge on any atom is 0.291 e. The second kappa shape index (κ2) is 5.55. The summed E-state index contributed by atoms with van der Waals surface area (Å²) in [7, 11) is 0. The van der Waals surface area contributed by atoms with Crippen LogP contribution in [0.2, 0.25) is 0 Å². The van der Waals surface area contributed by atoms with Crippen LogP contribution < -0.4 is 0 Å². The lowest BCUT2D eigenvalue weighted by atomic mass is 10.4. The molecule has 1 N–H and O–H groups in total. The van der Waals surface area contributed by atoms with Crippen molar-refractivity contribution in [1.82, 2.24) is 0 Å². The number of hydrogen-bond acceptors (Lipinski definition) is 3. The van der Waals surface area contributed by atoms with Crippen LogP contribution in [0.5, 0.6) is 0 Å². The highest BCUT2D eigenvalue weighted by Gasteiger charge is 1.73. The molecule has 5 heteroatoms. The summed E-state index contributed by atoms with van der Waals surface area (Å²) < 4.78 is 0. The summed E-state index contributed by atoms with van der Waals surface area (Å²) >= 11 is 4.08. The lowest BCUT2D eigenvalue weighted by molar-refractivity contribution is -0.742. The largest absolute Gasteiger partial charge is 0.328 e. The first-order valence-electron chi connectivity index (χ1n) is 2.70. The van der Waals surface area contributed by atoms with Crippen molar-refractivity contribution in [2.75, 3.05) is 0 Å². The van der Waals surface area contributed by atoms with Gasteiger partial charge in [-0.3, -0.25) is 0 Å². The fourth-order valence-electron chi connectivity index (χ4n) is 0.428. The summed E-state index contributed by atoms with van der Waals surface area (Å²) in [6.45, 7) is 0. The van der Waals surface area contributed by atoms with E-state index in [0.717, 1.165) is 4.90 Å². The van der Waals surface area contributed by atoms with E-state index in [1.54, 1.807) is 0 Å². The Balaban J connectivity index is 0.000000218. The molecule has 0 bridgehead atoms. The molecule has 0 unspecified atom stereocenters. The molecule has 0 aliphatic heterocycles. The first-order chi connectivity index (χ1) is 5.13. The number of nitrogens with zero attached hydrogens (tertiary/aromatic N) is 1. The third-order valence-electron chi connectivity index (χ3n) is 0.756. The van der Waals surface area contributed by atoms with Gasteiger partial charge in [0, 0.05) is 4.90 Å². The van der Waals surface area contributed by atoms with E-state index in [1.165, 1.54) is 0 Å². The summed E-state index contributed by atoms with van der Waals surface area (Å²) in [6.07, 6.45) is 0. The first-order valence-corrected chi connectivity index (χ1v) is 3.15. The van der Waals surface area contributed by atoms with Gasteiger partial charge in [0.15, 0.2) is 0 Å². The molecule has 1 aromatic carbocycles. The van der Waals surface area contributed by atoms with Gasteiger partial charge in [-0.1, -0.05) is 18.2 Å². The molecule has 0 saturated carbocycles. The lowest BCUT2D eigenvalue weighted by Crippen LogP contribution is -1.81. The fraction of sp³-hybridized carbons (Fsp3) is 0. The van der Waals surface area contributed by atoms with Crippen LogP contribution in [-0.2, 0) is 0 Å². The fourth-order valence-corrected chi connectivity index (χ4v) is 0.600. The topological polar surface area (TPSA) is 63.4 Å². The maximum absolute atomic E-state index is 8.36. The predicted molar refractivity (Wildman–Crippen MR) is 42.5 cm³/mol. The van der Waals surface area contributed by atoms with Crippen molar-refractivity contribution in [3.63, 3.8) is 0 Å². The van der Waals surface area contributed by atoms with Gasteiger partial charge >= 0.3 is 0 Å². The van der Waals surface area contributed by atoms with Crippen molar-refractivity contribution in [3.05, 3.63) is 40.4 Å². The molecule has 1 rings (SSSR count). The average molecular weight is 173 g/mol. The number of hydrogen-bond donors (Lipinski definition) is 2. The summed E-state index contributed by atoms with van der Waals surface area (Å²) in [5.74, 6) is 0. The Morgan fingerprint density at radius 2 is 1.73 bits per heavy atom. The molecular formula is C6H7NO3S. The highest BCUT2D eigenvalue weighted by atomic mass is 32.1. The Morgan fingerprint density at radius 1 is 1.36 bits per heavy atom. The highest BCUT2D eigenvalue weighted by molar-refractivity contribution is 7.80. The highest BCUT2D eigenvalue weighted by Crippen LogP contribution is 2.00. The second-order valence-corrected chi connectivity index (χ2v) is 2.09. The van der Waals surface area contributed by atoms with E-state index >= 15 is 0 Å². The molecule has 0 heterocycles. The van der Waals surface area contributed by atoms with E-state index < -0.39 is 5.09 Å². The number of rotatable bonds is 0. The van der Waals surface area contributed by atoms with Crippen molar-refractivity contribution in [2.24, 2.45) is 0 Å². The second-order valence-electron chi connectivity index (χ2n) is 1.57. The van der Waals surface area contributed by atoms with Crippen LogP contribution in [0.25, 0.3) is 0 Å².